The summed E-state index contributed by atoms with van der Waals surface area (Å²) in [7, 11) is -2.31. The Morgan fingerprint density at radius 2 is 1.84 bits per heavy atom. The molecule has 1 aromatic heterocycles. The van der Waals surface area contributed by atoms with Gasteiger partial charge in [0.2, 0.25) is 12.0 Å². The molecule has 1 amide bonds. The number of carbonyl (C=O) groups excluding carboxylic acids is 1. The molecule has 0 saturated heterocycles. The third-order valence-electron chi connectivity index (χ3n) is 5.67. The van der Waals surface area contributed by atoms with E-state index in [4.69, 9.17) is 9.16 Å². The predicted octanol–water partition coefficient (Wildman–Crippen LogP) is 3.38. The Bertz CT molecular complexity index is 1100. The van der Waals surface area contributed by atoms with Gasteiger partial charge in [0.15, 0.2) is 8.32 Å². The maximum absolute atomic E-state index is 12.7. The Kier molecular flexibility index (Phi) is 6.38. The van der Waals surface area contributed by atoms with Crippen molar-refractivity contribution in [2.24, 2.45) is 0 Å². The van der Waals surface area contributed by atoms with E-state index in [2.05, 4.69) is 31.1 Å². The Balaban J connectivity index is 1.86. The van der Waals surface area contributed by atoms with E-state index in [0.29, 0.717) is 5.56 Å². The first-order chi connectivity index (χ1) is 14.9. The maximum Gasteiger partial charge on any atom is 0.371 e. The number of anilines is 1. The number of ether oxygens (including phenoxy) is 1. The quantitative estimate of drug-likeness (QED) is 0.638. The van der Waals surface area contributed by atoms with E-state index in [0.717, 1.165) is 0 Å². The highest BCUT2D eigenvalue weighted by atomic mass is 28.4. The summed E-state index contributed by atoms with van der Waals surface area (Å²) in [6.07, 6.45) is 0.993. The summed E-state index contributed by atoms with van der Waals surface area (Å²) in [5.74, 6) is -1.86. The molecule has 0 fully saturated rings. The Morgan fingerprint density at radius 3 is 2.41 bits per heavy atom. The number of nitrogens with one attached hydrogen (secondary N) is 1. The van der Waals surface area contributed by atoms with Gasteiger partial charge in [-0.2, -0.15) is 4.98 Å². The lowest BCUT2D eigenvalue weighted by Gasteiger charge is -2.39. The summed E-state index contributed by atoms with van der Waals surface area (Å²) in [5.41, 5.74) is -0.277. The fourth-order valence-corrected chi connectivity index (χ4v) is 4.09. The van der Waals surface area contributed by atoms with Crippen LogP contribution in [0.5, 0.6) is 0 Å². The van der Waals surface area contributed by atoms with Gasteiger partial charge in [0.1, 0.15) is 11.9 Å². The number of benzene rings is 1. The van der Waals surface area contributed by atoms with Crippen molar-refractivity contribution in [2.75, 3.05) is 5.32 Å². The van der Waals surface area contributed by atoms with Gasteiger partial charge in [0.05, 0.1) is 0 Å². The van der Waals surface area contributed by atoms with E-state index in [-0.39, 0.29) is 16.6 Å². The first-order valence-electron chi connectivity index (χ1n) is 10.1. The van der Waals surface area contributed by atoms with Crippen LogP contribution in [0.4, 0.5) is 5.82 Å². The molecule has 0 bridgehead atoms. The van der Waals surface area contributed by atoms with Gasteiger partial charge >= 0.3 is 11.7 Å². The van der Waals surface area contributed by atoms with Crippen molar-refractivity contribution in [3.8, 4) is 0 Å². The van der Waals surface area contributed by atoms with Gasteiger partial charge in [0.25, 0.3) is 5.91 Å². The number of rotatable bonds is 6. The highest BCUT2D eigenvalue weighted by Crippen LogP contribution is 2.40. The SMILES string of the molecule is CC(C)(C)[Si](C)(C)O[C@@H]1C=C(C(=O)O)O[C@H]1n1ccc(NC(=O)c2ccccc2)nc1=O. The van der Waals surface area contributed by atoms with Crippen molar-refractivity contribution >= 4 is 26.0 Å². The standard InChI is InChI=1S/C22H27N3O6Si/c1-22(2,3)32(4,5)31-15-13-16(20(27)28)30-19(15)25-12-11-17(24-21(25)29)23-18(26)14-9-7-6-8-10-14/h6-13,15,19H,1-5H3,(H,27,28)(H,23,24,26,29)/t15-,19-/m1/s1. The first kappa shape index (κ1) is 23.4. The molecule has 1 aliphatic rings. The lowest BCUT2D eigenvalue weighted by atomic mass is 10.2. The molecule has 2 atom stereocenters. The number of carboxylic acid groups (broad SMARTS) is 1. The van der Waals surface area contributed by atoms with Gasteiger partial charge in [0, 0.05) is 11.8 Å². The average molecular weight is 458 g/mol. The van der Waals surface area contributed by atoms with Crippen molar-refractivity contribution in [2.45, 2.75) is 51.2 Å². The zero-order valence-electron chi connectivity index (χ0n) is 18.7. The zero-order chi connectivity index (χ0) is 23.7. The van der Waals surface area contributed by atoms with Gasteiger partial charge < -0.3 is 19.6 Å². The number of amides is 1. The van der Waals surface area contributed by atoms with Crippen molar-refractivity contribution in [3.05, 3.63) is 70.5 Å². The van der Waals surface area contributed by atoms with Crippen LogP contribution < -0.4 is 11.0 Å². The van der Waals surface area contributed by atoms with Crippen molar-refractivity contribution < 1.29 is 23.9 Å². The maximum atomic E-state index is 12.7. The second-order valence-corrected chi connectivity index (χ2v) is 13.8. The minimum absolute atomic E-state index is 0.0754. The minimum Gasteiger partial charge on any atom is -0.475 e. The molecule has 0 saturated carbocycles. The monoisotopic (exact) mass is 457 g/mol. The summed E-state index contributed by atoms with van der Waals surface area (Å²) in [6, 6.07) is 9.99. The Morgan fingerprint density at radius 1 is 1.19 bits per heavy atom. The first-order valence-corrected chi connectivity index (χ1v) is 13.0. The number of nitrogens with zero attached hydrogens (tertiary/aromatic N) is 2. The van der Waals surface area contributed by atoms with Crippen molar-refractivity contribution in [1.82, 2.24) is 9.55 Å². The molecule has 0 spiro atoms. The lowest BCUT2D eigenvalue weighted by molar-refractivity contribution is -0.138. The topological polar surface area (TPSA) is 120 Å². The molecule has 2 heterocycles. The van der Waals surface area contributed by atoms with Crippen molar-refractivity contribution in [3.63, 3.8) is 0 Å². The fourth-order valence-electron chi connectivity index (χ4n) is 2.87. The van der Waals surface area contributed by atoms with E-state index in [1.807, 2.05) is 13.1 Å². The molecular formula is C22H27N3O6Si. The molecule has 0 aliphatic carbocycles. The van der Waals surface area contributed by atoms with Gasteiger partial charge in [-0.3, -0.25) is 9.36 Å². The molecule has 0 radical (unpaired) electrons. The number of carbonyl (C=O) groups is 2. The van der Waals surface area contributed by atoms with Crippen LogP contribution in [0.25, 0.3) is 0 Å². The lowest BCUT2D eigenvalue weighted by Crippen LogP contribution is -2.46. The van der Waals surface area contributed by atoms with E-state index >= 15 is 0 Å². The minimum atomic E-state index is -2.31. The highest BCUT2D eigenvalue weighted by molar-refractivity contribution is 6.74. The number of hydrogen-bond acceptors (Lipinski definition) is 6. The van der Waals surface area contributed by atoms with Crippen LogP contribution in [0, 0.1) is 0 Å². The van der Waals surface area contributed by atoms with Crippen molar-refractivity contribution in [1.29, 1.82) is 0 Å². The second-order valence-electron chi connectivity index (χ2n) is 9.01. The Hall–Kier alpha value is -3.24. The number of carboxylic acids is 1. The molecule has 0 unspecified atom stereocenters. The van der Waals surface area contributed by atoms with Gasteiger partial charge in [-0.05, 0) is 42.4 Å². The largest absolute Gasteiger partial charge is 0.475 e. The second kappa shape index (κ2) is 8.71. The fraction of sp³-hybridized carbons (Fsp3) is 0.364. The molecule has 10 heteroatoms. The van der Waals surface area contributed by atoms with Gasteiger partial charge in [-0.15, -0.1) is 0 Å². The molecular weight excluding hydrogens is 430 g/mol. The van der Waals surface area contributed by atoms with Crippen LogP contribution in [-0.4, -0.2) is 41.0 Å². The molecule has 170 valence electrons. The van der Waals surface area contributed by atoms with Crippen LogP contribution in [0.2, 0.25) is 18.1 Å². The van der Waals surface area contributed by atoms with Crippen LogP contribution in [0.3, 0.4) is 0 Å². The summed E-state index contributed by atoms with van der Waals surface area (Å²) >= 11 is 0. The summed E-state index contributed by atoms with van der Waals surface area (Å²) < 4.78 is 13.0. The predicted molar refractivity (Wildman–Crippen MR) is 121 cm³/mol. The summed E-state index contributed by atoms with van der Waals surface area (Å²) in [5, 5.41) is 11.8. The molecule has 9 nitrogen and oxygen atoms in total. The Labute approximate surface area is 186 Å². The van der Waals surface area contributed by atoms with Crippen LogP contribution >= 0.6 is 0 Å². The van der Waals surface area contributed by atoms with E-state index in [1.165, 1.54) is 22.9 Å². The molecule has 2 aromatic rings. The third-order valence-corrected chi connectivity index (χ3v) is 10.1. The molecule has 2 N–H and O–H groups in total. The van der Waals surface area contributed by atoms with E-state index < -0.39 is 38.2 Å². The van der Waals surface area contributed by atoms with Gasteiger partial charge in [-0.1, -0.05) is 39.0 Å². The third kappa shape index (κ3) is 4.97. The summed E-state index contributed by atoms with van der Waals surface area (Å²) in [6.45, 7) is 10.2. The average Bonchev–Trinajstić information content (AvgIpc) is 3.11. The normalized spacial score (nSPS) is 18.6. The summed E-state index contributed by atoms with van der Waals surface area (Å²) in [4.78, 5) is 40.5. The zero-order valence-corrected chi connectivity index (χ0v) is 19.7. The number of aromatic nitrogens is 2. The smallest absolute Gasteiger partial charge is 0.371 e. The van der Waals surface area contributed by atoms with E-state index in [1.54, 1.807) is 30.3 Å². The van der Waals surface area contributed by atoms with Crippen LogP contribution in [-0.2, 0) is 14.0 Å². The van der Waals surface area contributed by atoms with Gasteiger partial charge in [-0.25, -0.2) is 9.59 Å². The molecule has 1 aromatic carbocycles. The van der Waals surface area contributed by atoms with Crippen LogP contribution in [0.1, 0.15) is 37.4 Å². The van der Waals surface area contributed by atoms with E-state index in [9.17, 15) is 19.5 Å². The van der Waals surface area contributed by atoms with Crippen LogP contribution in [0.15, 0.2) is 59.2 Å². The number of hydrogen-bond donors (Lipinski definition) is 2. The molecule has 32 heavy (non-hydrogen) atoms. The molecule has 3 rings (SSSR count). The highest BCUT2D eigenvalue weighted by Gasteiger charge is 2.44. The molecule has 1 aliphatic heterocycles. The number of aliphatic carboxylic acids is 1.